The van der Waals surface area contributed by atoms with Crippen LogP contribution in [0.15, 0.2) is 54.6 Å². The Labute approximate surface area is 191 Å². The van der Waals surface area contributed by atoms with E-state index >= 15 is 0 Å². The summed E-state index contributed by atoms with van der Waals surface area (Å²) in [7, 11) is 4.57. The molecular formula is C24H25N3O2S2. The van der Waals surface area contributed by atoms with Gasteiger partial charge in [0.1, 0.15) is 0 Å². The molecule has 5 nitrogen and oxygen atoms in total. The molecule has 2 bridgehead atoms. The summed E-state index contributed by atoms with van der Waals surface area (Å²) < 4.78 is 0. The molecule has 7 heteroatoms. The number of carbonyl (C=O) groups is 2. The number of rotatable bonds is 6. The van der Waals surface area contributed by atoms with Gasteiger partial charge in [-0.3, -0.25) is 9.59 Å². The molecule has 3 fully saturated rings. The van der Waals surface area contributed by atoms with E-state index in [2.05, 4.69) is 42.5 Å². The largest absolute Gasteiger partial charge is 0.319 e. The average Bonchev–Trinajstić information content (AvgIpc) is 2.81. The topological polar surface area (TPSA) is 64.4 Å². The minimum absolute atomic E-state index is 0.0599. The molecule has 3 aliphatic rings. The van der Waals surface area contributed by atoms with Gasteiger partial charge in [-0.2, -0.15) is 5.26 Å². The lowest BCUT2D eigenvalue weighted by atomic mass is 9.92. The number of carbonyl (C=O) groups excluding carboxylic acids is 2. The number of nitrogens with zero attached hydrogens (tertiary/aromatic N) is 3. The molecule has 3 saturated heterocycles. The summed E-state index contributed by atoms with van der Waals surface area (Å²) in [5.41, 5.74) is 3.25. The minimum atomic E-state index is -1.05. The maximum atomic E-state index is 13.7. The van der Waals surface area contributed by atoms with E-state index in [0.29, 0.717) is 12.8 Å². The van der Waals surface area contributed by atoms with E-state index in [4.69, 9.17) is 0 Å². The Balaban J connectivity index is 1.75. The molecule has 5 rings (SSSR count). The molecule has 0 radical (unpaired) electrons. The fraction of sp³-hybridized carbons (Fsp3) is 0.375. The van der Waals surface area contributed by atoms with E-state index < -0.39 is 9.74 Å². The van der Waals surface area contributed by atoms with Gasteiger partial charge in [-0.05, 0) is 30.0 Å². The Morgan fingerprint density at radius 2 is 1.65 bits per heavy atom. The number of benzene rings is 2. The van der Waals surface area contributed by atoms with Crippen molar-refractivity contribution in [1.29, 1.82) is 5.26 Å². The highest BCUT2D eigenvalue weighted by molar-refractivity contribution is 8.78. The fourth-order valence-electron chi connectivity index (χ4n) is 4.39. The number of hydrogen-bond acceptors (Lipinski definition) is 5. The van der Waals surface area contributed by atoms with Crippen LogP contribution in [0.5, 0.6) is 0 Å². The van der Waals surface area contributed by atoms with Crippen LogP contribution in [0, 0.1) is 11.3 Å². The van der Waals surface area contributed by atoms with Gasteiger partial charge in [0.2, 0.25) is 0 Å². The molecular weight excluding hydrogens is 426 g/mol. The van der Waals surface area contributed by atoms with Gasteiger partial charge >= 0.3 is 0 Å². The summed E-state index contributed by atoms with van der Waals surface area (Å²) in [5.74, 6) is -0.150. The van der Waals surface area contributed by atoms with Crippen molar-refractivity contribution in [3.63, 3.8) is 0 Å². The third kappa shape index (κ3) is 3.33. The zero-order chi connectivity index (χ0) is 22.2. The van der Waals surface area contributed by atoms with Gasteiger partial charge in [-0.1, -0.05) is 83.1 Å². The summed E-state index contributed by atoms with van der Waals surface area (Å²) in [4.78, 5) is 28.5. The van der Waals surface area contributed by atoms with Gasteiger partial charge in [0.05, 0.1) is 12.1 Å². The number of nitriles is 1. The Morgan fingerprint density at radius 3 is 2.26 bits per heavy atom. The van der Waals surface area contributed by atoms with Crippen molar-refractivity contribution in [2.45, 2.75) is 48.9 Å². The number of fused-ring (bicyclic) bond motifs is 3. The van der Waals surface area contributed by atoms with Crippen LogP contribution in [0.25, 0.3) is 11.1 Å². The lowest BCUT2D eigenvalue weighted by molar-refractivity contribution is -0.168. The Bertz CT molecular complexity index is 1040. The van der Waals surface area contributed by atoms with Gasteiger partial charge in [0.25, 0.3) is 11.8 Å². The molecule has 0 saturated carbocycles. The molecule has 0 aromatic heterocycles. The standard InChI is InChI=1S/C24H25N3O2S2/c1-4-20(19-13-11-18(12-14-19)17-9-6-5-7-10-17)27-21(28)23(2)26(3)22(29)24(27,31-30-23)15-8-16-25/h5-7,9-14,20H,4,8,15H2,1-3H3. The van der Waals surface area contributed by atoms with Crippen molar-refractivity contribution in [3.8, 4) is 17.2 Å². The second kappa shape index (κ2) is 8.25. The van der Waals surface area contributed by atoms with Crippen molar-refractivity contribution >= 4 is 33.4 Å². The summed E-state index contributed by atoms with van der Waals surface area (Å²) in [6.07, 6.45) is 1.23. The third-order valence-corrected chi connectivity index (χ3v) is 10.1. The van der Waals surface area contributed by atoms with Crippen LogP contribution in [-0.2, 0) is 9.59 Å². The normalized spacial score (nSPS) is 26.1. The van der Waals surface area contributed by atoms with Gasteiger partial charge in [-0.15, -0.1) is 0 Å². The summed E-state index contributed by atoms with van der Waals surface area (Å²) >= 11 is 0. The summed E-state index contributed by atoms with van der Waals surface area (Å²) in [6.45, 7) is 3.86. The molecule has 31 heavy (non-hydrogen) atoms. The first-order valence-corrected chi connectivity index (χ1v) is 12.5. The number of amides is 2. The zero-order valence-corrected chi connectivity index (χ0v) is 19.5. The van der Waals surface area contributed by atoms with E-state index in [0.717, 1.165) is 16.7 Å². The minimum Gasteiger partial charge on any atom is -0.319 e. The number of likely N-dealkylation sites (N-methyl/N-ethyl adjacent to an activating group) is 1. The van der Waals surface area contributed by atoms with Crippen molar-refractivity contribution < 1.29 is 9.59 Å². The fourth-order valence-corrected chi connectivity index (χ4v) is 7.89. The number of hydrogen-bond donors (Lipinski definition) is 0. The molecule has 160 valence electrons. The van der Waals surface area contributed by atoms with E-state index in [-0.39, 0.29) is 24.3 Å². The Morgan fingerprint density at radius 1 is 1.00 bits per heavy atom. The van der Waals surface area contributed by atoms with E-state index in [9.17, 15) is 14.9 Å². The molecule has 0 aliphatic carbocycles. The highest BCUT2D eigenvalue weighted by atomic mass is 33.1. The van der Waals surface area contributed by atoms with Gasteiger partial charge < -0.3 is 9.80 Å². The van der Waals surface area contributed by atoms with E-state index in [1.165, 1.54) is 21.6 Å². The maximum Gasteiger partial charge on any atom is 0.261 e. The first-order chi connectivity index (χ1) is 14.9. The van der Waals surface area contributed by atoms with Crippen molar-refractivity contribution in [2.75, 3.05) is 7.05 Å². The monoisotopic (exact) mass is 451 g/mol. The first-order valence-electron chi connectivity index (χ1n) is 10.4. The smallest absolute Gasteiger partial charge is 0.261 e. The lowest BCUT2D eigenvalue weighted by Crippen LogP contribution is -2.75. The van der Waals surface area contributed by atoms with Gasteiger partial charge in [-0.25, -0.2) is 0 Å². The molecule has 3 aliphatic heterocycles. The van der Waals surface area contributed by atoms with Crippen LogP contribution < -0.4 is 0 Å². The van der Waals surface area contributed by atoms with Gasteiger partial charge in [0, 0.05) is 19.9 Å². The van der Waals surface area contributed by atoms with Gasteiger partial charge in [0.15, 0.2) is 9.74 Å². The van der Waals surface area contributed by atoms with Crippen LogP contribution in [0.2, 0.25) is 0 Å². The highest BCUT2D eigenvalue weighted by Gasteiger charge is 2.67. The average molecular weight is 452 g/mol. The molecule has 3 heterocycles. The summed E-state index contributed by atoms with van der Waals surface area (Å²) in [5, 5.41) is 9.23. The SMILES string of the molecule is CCC(c1ccc(-c2ccccc2)cc1)N1C(=O)C2(C)SSC1(CCC#N)C(=O)N2C. The van der Waals surface area contributed by atoms with Crippen LogP contribution in [0.3, 0.4) is 0 Å². The Kier molecular flexibility index (Phi) is 5.80. The van der Waals surface area contributed by atoms with E-state index in [1.54, 1.807) is 16.8 Å². The van der Waals surface area contributed by atoms with Crippen molar-refractivity contribution in [2.24, 2.45) is 0 Å². The summed E-state index contributed by atoms with van der Waals surface area (Å²) in [6, 6.07) is 20.3. The molecule has 2 amide bonds. The van der Waals surface area contributed by atoms with Crippen LogP contribution in [-0.4, -0.2) is 38.4 Å². The highest BCUT2D eigenvalue weighted by Crippen LogP contribution is 2.62. The van der Waals surface area contributed by atoms with Crippen LogP contribution in [0.4, 0.5) is 0 Å². The molecule has 0 N–H and O–H groups in total. The van der Waals surface area contributed by atoms with Crippen LogP contribution in [0.1, 0.15) is 44.7 Å². The molecule has 3 atom stereocenters. The van der Waals surface area contributed by atoms with Crippen LogP contribution >= 0.6 is 21.6 Å². The van der Waals surface area contributed by atoms with E-state index in [1.807, 2.05) is 32.0 Å². The molecule has 0 spiro atoms. The van der Waals surface area contributed by atoms with Crippen molar-refractivity contribution in [3.05, 3.63) is 60.2 Å². The second-order valence-corrected chi connectivity index (χ2v) is 10.8. The molecule has 2 aromatic carbocycles. The maximum absolute atomic E-state index is 13.7. The Hall–Kier alpha value is -2.43. The first kappa shape index (κ1) is 21.8. The zero-order valence-electron chi connectivity index (χ0n) is 17.9. The number of piperazine rings is 1. The van der Waals surface area contributed by atoms with Crippen molar-refractivity contribution in [1.82, 2.24) is 9.80 Å². The predicted octanol–water partition coefficient (Wildman–Crippen LogP) is 5.22. The quantitative estimate of drug-likeness (QED) is 0.564. The lowest BCUT2D eigenvalue weighted by Gasteiger charge is -2.60. The third-order valence-electron chi connectivity index (χ3n) is 6.30. The molecule has 2 aromatic rings. The molecule has 3 unspecified atom stereocenters. The predicted molar refractivity (Wildman–Crippen MR) is 126 cm³/mol. The second-order valence-electron chi connectivity index (χ2n) is 8.04.